The van der Waals surface area contributed by atoms with Gasteiger partial charge >= 0.3 is 0 Å². The standard InChI is InChI=1S/C12H22N2O3/c13-12(5-8-17-9-12)11(16)14(6-2-7-15)10-3-1-4-10/h10,15H,1-9,13H2. The lowest BCUT2D eigenvalue weighted by molar-refractivity contribution is -0.141. The average Bonchev–Trinajstić information content (AvgIpc) is 2.69. The number of nitrogens with zero attached hydrogens (tertiary/aromatic N) is 1. The van der Waals surface area contributed by atoms with Crippen LogP contribution in [-0.4, -0.2) is 53.9 Å². The number of hydrogen-bond donors (Lipinski definition) is 2. The predicted octanol–water partition coefficient (Wildman–Crippen LogP) is -0.132. The lowest BCUT2D eigenvalue weighted by atomic mass is 9.88. The van der Waals surface area contributed by atoms with Gasteiger partial charge in [-0.1, -0.05) is 0 Å². The fourth-order valence-electron chi connectivity index (χ4n) is 2.42. The zero-order chi connectivity index (χ0) is 12.3. The van der Waals surface area contributed by atoms with E-state index in [4.69, 9.17) is 15.6 Å². The second kappa shape index (κ2) is 5.33. The predicted molar refractivity (Wildman–Crippen MR) is 63.4 cm³/mol. The van der Waals surface area contributed by atoms with E-state index in [1.165, 1.54) is 6.42 Å². The quantitative estimate of drug-likeness (QED) is 0.704. The van der Waals surface area contributed by atoms with Crippen molar-refractivity contribution in [3.8, 4) is 0 Å². The van der Waals surface area contributed by atoms with Crippen LogP contribution in [0.15, 0.2) is 0 Å². The molecule has 5 nitrogen and oxygen atoms in total. The molecule has 3 N–H and O–H groups in total. The molecule has 0 spiro atoms. The summed E-state index contributed by atoms with van der Waals surface area (Å²) in [4.78, 5) is 14.3. The highest BCUT2D eigenvalue weighted by Gasteiger charge is 2.43. The van der Waals surface area contributed by atoms with Crippen molar-refractivity contribution in [3.05, 3.63) is 0 Å². The molecule has 1 saturated heterocycles. The lowest BCUT2D eigenvalue weighted by Crippen LogP contribution is -2.59. The van der Waals surface area contributed by atoms with Crippen molar-refractivity contribution in [1.29, 1.82) is 0 Å². The van der Waals surface area contributed by atoms with Gasteiger partial charge in [0.25, 0.3) is 0 Å². The molecule has 0 aromatic carbocycles. The van der Waals surface area contributed by atoms with Crippen molar-refractivity contribution in [1.82, 2.24) is 4.90 Å². The van der Waals surface area contributed by atoms with Gasteiger partial charge in [-0.25, -0.2) is 0 Å². The Kier molecular flexibility index (Phi) is 4.01. The van der Waals surface area contributed by atoms with Gasteiger partial charge < -0.3 is 20.5 Å². The number of amides is 1. The Balaban J connectivity index is 2.00. The van der Waals surface area contributed by atoms with E-state index in [0.29, 0.717) is 38.6 Å². The highest BCUT2D eigenvalue weighted by molar-refractivity contribution is 5.87. The van der Waals surface area contributed by atoms with Crippen LogP contribution in [0.3, 0.4) is 0 Å². The molecule has 98 valence electrons. The van der Waals surface area contributed by atoms with Crippen molar-refractivity contribution in [2.45, 2.75) is 43.7 Å². The summed E-state index contributed by atoms with van der Waals surface area (Å²) in [5, 5.41) is 8.91. The normalized spacial score (nSPS) is 29.1. The van der Waals surface area contributed by atoms with Crippen molar-refractivity contribution in [3.63, 3.8) is 0 Å². The molecule has 1 atom stereocenters. The van der Waals surface area contributed by atoms with E-state index in [0.717, 1.165) is 12.8 Å². The second-order valence-corrected chi connectivity index (χ2v) is 5.12. The number of rotatable bonds is 5. The molecule has 0 bridgehead atoms. The number of ether oxygens (including phenoxy) is 1. The third kappa shape index (κ3) is 2.61. The van der Waals surface area contributed by atoms with Crippen LogP contribution in [0.5, 0.6) is 0 Å². The fraction of sp³-hybridized carbons (Fsp3) is 0.917. The molecule has 5 heteroatoms. The molecule has 2 aliphatic rings. The van der Waals surface area contributed by atoms with E-state index in [9.17, 15) is 4.79 Å². The van der Waals surface area contributed by atoms with Crippen LogP contribution in [0.1, 0.15) is 32.1 Å². The van der Waals surface area contributed by atoms with Crippen molar-refractivity contribution in [2.75, 3.05) is 26.4 Å². The maximum atomic E-state index is 12.4. The second-order valence-electron chi connectivity index (χ2n) is 5.12. The minimum Gasteiger partial charge on any atom is -0.396 e. The number of carbonyl (C=O) groups is 1. The van der Waals surface area contributed by atoms with E-state index in [1.807, 2.05) is 4.90 Å². The number of carbonyl (C=O) groups excluding carboxylic acids is 1. The van der Waals surface area contributed by atoms with Crippen LogP contribution in [-0.2, 0) is 9.53 Å². The molecule has 17 heavy (non-hydrogen) atoms. The summed E-state index contributed by atoms with van der Waals surface area (Å²) in [5.74, 6) is 0.00755. The zero-order valence-corrected chi connectivity index (χ0v) is 10.2. The Hall–Kier alpha value is -0.650. The maximum Gasteiger partial charge on any atom is 0.245 e. The molecule has 1 aliphatic heterocycles. The minimum absolute atomic E-state index is 0.00755. The average molecular weight is 242 g/mol. The van der Waals surface area contributed by atoms with Gasteiger partial charge in [-0.2, -0.15) is 0 Å². The first-order valence-electron chi connectivity index (χ1n) is 6.46. The van der Waals surface area contributed by atoms with Gasteiger partial charge in [-0.05, 0) is 32.1 Å². The minimum atomic E-state index is -0.828. The number of nitrogens with two attached hydrogens (primary N) is 1. The largest absolute Gasteiger partial charge is 0.396 e. The van der Waals surface area contributed by atoms with Crippen molar-refractivity contribution < 1.29 is 14.6 Å². The van der Waals surface area contributed by atoms with E-state index in [-0.39, 0.29) is 12.5 Å². The SMILES string of the molecule is NC1(C(=O)N(CCCO)C2CCC2)CCOC1. The van der Waals surface area contributed by atoms with Crippen LogP contribution in [0.2, 0.25) is 0 Å². The van der Waals surface area contributed by atoms with Crippen LogP contribution < -0.4 is 5.73 Å². The van der Waals surface area contributed by atoms with E-state index < -0.39 is 5.54 Å². The van der Waals surface area contributed by atoms with Gasteiger partial charge in [0, 0.05) is 25.8 Å². The van der Waals surface area contributed by atoms with Crippen LogP contribution >= 0.6 is 0 Å². The monoisotopic (exact) mass is 242 g/mol. The van der Waals surface area contributed by atoms with Crippen LogP contribution in [0, 0.1) is 0 Å². The molecule has 1 aliphatic carbocycles. The third-order valence-corrected chi connectivity index (χ3v) is 3.81. The summed E-state index contributed by atoms with van der Waals surface area (Å²) in [7, 11) is 0. The molecule has 2 fully saturated rings. The van der Waals surface area contributed by atoms with Gasteiger partial charge in [0.2, 0.25) is 5.91 Å². The van der Waals surface area contributed by atoms with Gasteiger partial charge in [0.15, 0.2) is 0 Å². The highest BCUT2D eigenvalue weighted by Crippen LogP contribution is 2.28. The topological polar surface area (TPSA) is 75.8 Å². The van der Waals surface area contributed by atoms with E-state index >= 15 is 0 Å². The van der Waals surface area contributed by atoms with Gasteiger partial charge in [-0.3, -0.25) is 4.79 Å². The van der Waals surface area contributed by atoms with Crippen LogP contribution in [0.25, 0.3) is 0 Å². The van der Waals surface area contributed by atoms with Gasteiger partial charge in [0.1, 0.15) is 5.54 Å². The first-order chi connectivity index (χ1) is 8.17. The van der Waals surface area contributed by atoms with Crippen molar-refractivity contribution in [2.24, 2.45) is 5.73 Å². The lowest BCUT2D eigenvalue weighted by Gasteiger charge is -2.41. The molecule has 1 unspecified atom stereocenters. The summed E-state index contributed by atoms with van der Waals surface area (Å²) in [6.45, 7) is 1.62. The molecular formula is C12H22N2O3. The van der Waals surface area contributed by atoms with E-state index in [1.54, 1.807) is 0 Å². The van der Waals surface area contributed by atoms with Gasteiger partial charge in [-0.15, -0.1) is 0 Å². The molecule has 0 radical (unpaired) electrons. The van der Waals surface area contributed by atoms with Crippen LogP contribution in [0.4, 0.5) is 0 Å². The Morgan fingerprint density at radius 1 is 1.53 bits per heavy atom. The molecule has 2 rings (SSSR count). The first-order valence-corrected chi connectivity index (χ1v) is 6.46. The summed E-state index contributed by atoms with van der Waals surface area (Å²) in [6.07, 6.45) is 4.54. The highest BCUT2D eigenvalue weighted by atomic mass is 16.5. The third-order valence-electron chi connectivity index (χ3n) is 3.81. The molecule has 0 aromatic rings. The molecular weight excluding hydrogens is 220 g/mol. The molecule has 1 heterocycles. The Morgan fingerprint density at radius 2 is 2.29 bits per heavy atom. The smallest absolute Gasteiger partial charge is 0.245 e. The number of aliphatic hydroxyl groups excluding tert-OH is 1. The first kappa shape index (κ1) is 12.8. The Morgan fingerprint density at radius 3 is 2.76 bits per heavy atom. The summed E-state index contributed by atoms with van der Waals surface area (Å²) in [5.41, 5.74) is 5.28. The van der Waals surface area contributed by atoms with E-state index in [2.05, 4.69) is 0 Å². The summed E-state index contributed by atoms with van der Waals surface area (Å²) < 4.78 is 5.25. The Labute approximate surface area is 102 Å². The number of hydrogen-bond acceptors (Lipinski definition) is 4. The Bertz CT molecular complexity index is 273. The summed E-state index contributed by atoms with van der Waals surface area (Å²) >= 11 is 0. The number of aliphatic hydroxyl groups is 1. The zero-order valence-electron chi connectivity index (χ0n) is 10.2. The summed E-state index contributed by atoms with van der Waals surface area (Å²) in [6, 6.07) is 0.329. The fourth-order valence-corrected chi connectivity index (χ4v) is 2.42. The van der Waals surface area contributed by atoms with Crippen molar-refractivity contribution >= 4 is 5.91 Å². The molecule has 1 amide bonds. The maximum absolute atomic E-state index is 12.4. The molecule has 0 aromatic heterocycles. The molecule has 1 saturated carbocycles. The van der Waals surface area contributed by atoms with Gasteiger partial charge in [0.05, 0.1) is 6.61 Å².